The number of carbonyl (C=O) groups is 1. The molecule has 84 valence electrons. The molecule has 4 nitrogen and oxygen atoms in total. The summed E-state index contributed by atoms with van der Waals surface area (Å²) in [6.45, 7) is 2.06. The molecule has 0 heterocycles. The van der Waals surface area contributed by atoms with Crippen molar-refractivity contribution in [3.8, 4) is 6.07 Å². The van der Waals surface area contributed by atoms with Gasteiger partial charge in [0.05, 0.1) is 18.2 Å². The lowest BCUT2D eigenvalue weighted by atomic mass is 10.1. The highest BCUT2D eigenvalue weighted by Gasteiger charge is 2.13. The zero-order chi connectivity index (χ0) is 12.0. The maximum Gasteiger partial charge on any atom is 0.340 e. The van der Waals surface area contributed by atoms with Gasteiger partial charge in [0, 0.05) is 12.1 Å². The van der Waals surface area contributed by atoms with Crippen LogP contribution < -0.4 is 5.73 Å². The molecule has 0 saturated carbocycles. The fraction of sp³-hybridized carbons (Fsp3) is 0.333. The van der Waals surface area contributed by atoms with Gasteiger partial charge in [-0.2, -0.15) is 5.26 Å². The Labute approximate surface area is 94.6 Å². The van der Waals surface area contributed by atoms with Crippen LogP contribution in [-0.2, 0) is 4.74 Å². The van der Waals surface area contributed by atoms with Gasteiger partial charge in [-0.15, -0.1) is 0 Å². The Hall–Kier alpha value is -2.02. The summed E-state index contributed by atoms with van der Waals surface area (Å²) >= 11 is 0. The molecule has 0 aliphatic heterocycles. The number of ether oxygens (including phenoxy) is 1. The molecule has 0 bridgehead atoms. The van der Waals surface area contributed by atoms with Crippen LogP contribution in [0.5, 0.6) is 0 Å². The van der Waals surface area contributed by atoms with Crippen molar-refractivity contribution in [1.82, 2.24) is 0 Å². The summed E-state index contributed by atoms with van der Waals surface area (Å²) in [6, 6.07) is 7.25. The molecular formula is C12H14N2O2. The van der Waals surface area contributed by atoms with Crippen molar-refractivity contribution in [3.05, 3.63) is 29.3 Å². The quantitative estimate of drug-likeness (QED) is 0.476. The molecule has 0 fully saturated rings. The maximum atomic E-state index is 11.7. The van der Waals surface area contributed by atoms with E-state index in [1.807, 2.05) is 19.1 Å². The summed E-state index contributed by atoms with van der Waals surface area (Å²) < 4.78 is 5.02. The van der Waals surface area contributed by atoms with Crippen LogP contribution in [0.4, 0.5) is 5.69 Å². The highest BCUT2D eigenvalue weighted by atomic mass is 16.5. The number of nitrogens with two attached hydrogens (primary N) is 1. The van der Waals surface area contributed by atoms with Crippen LogP contribution in [0.15, 0.2) is 18.2 Å². The summed E-state index contributed by atoms with van der Waals surface area (Å²) in [5, 5.41) is 8.33. The van der Waals surface area contributed by atoms with Crippen molar-refractivity contribution in [2.75, 3.05) is 12.3 Å². The highest BCUT2D eigenvalue weighted by Crippen LogP contribution is 2.17. The molecule has 4 heteroatoms. The van der Waals surface area contributed by atoms with Gasteiger partial charge in [-0.25, -0.2) is 4.79 Å². The first-order chi connectivity index (χ1) is 7.66. The number of nitrogen functional groups attached to an aromatic ring is 1. The lowest BCUT2D eigenvalue weighted by Crippen LogP contribution is -2.10. The standard InChI is InChI=1S/C12H14N2O2/c1-9-5-4-6-10(14)11(9)12(15)16-8-3-2-7-13/h4-6H,2-3,8,14H2,1H3. The Morgan fingerprint density at radius 3 is 2.94 bits per heavy atom. The molecular weight excluding hydrogens is 204 g/mol. The normalized spacial score (nSPS) is 9.50. The average molecular weight is 218 g/mol. The molecule has 0 aliphatic carbocycles. The summed E-state index contributed by atoms with van der Waals surface area (Å²) in [5.74, 6) is -0.423. The van der Waals surface area contributed by atoms with E-state index in [-0.39, 0.29) is 6.61 Å². The topological polar surface area (TPSA) is 76.1 Å². The van der Waals surface area contributed by atoms with Crippen LogP contribution >= 0.6 is 0 Å². The fourth-order valence-electron chi connectivity index (χ4n) is 1.36. The number of nitriles is 1. The predicted molar refractivity (Wildman–Crippen MR) is 60.7 cm³/mol. The summed E-state index contributed by atoms with van der Waals surface area (Å²) in [5.41, 5.74) is 7.33. The van der Waals surface area contributed by atoms with Crippen LogP contribution in [0.2, 0.25) is 0 Å². The molecule has 1 aromatic rings. The van der Waals surface area contributed by atoms with E-state index < -0.39 is 5.97 Å². The van der Waals surface area contributed by atoms with Gasteiger partial charge in [-0.1, -0.05) is 12.1 Å². The van der Waals surface area contributed by atoms with Crippen molar-refractivity contribution in [1.29, 1.82) is 5.26 Å². The number of hydrogen-bond acceptors (Lipinski definition) is 4. The highest BCUT2D eigenvalue weighted by molar-refractivity contribution is 5.96. The minimum atomic E-state index is -0.423. The number of esters is 1. The molecule has 0 unspecified atom stereocenters. The number of unbranched alkanes of at least 4 members (excludes halogenated alkanes) is 1. The van der Waals surface area contributed by atoms with Crippen molar-refractivity contribution in [2.45, 2.75) is 19.8 Å². The van der Waals surface area contributed by atoms with Crippen molar-refractivity contribution in [3.63, 3.8) is 0 Å². The number of nitrogens with zero attached hydrogens (tertiary/aromatic N) is 1. The second kappa shape index (κ2) is 5.76. The number of benzene rings is 1. The first-order valence-corrected chi connectivity index (χ1v) is 5.06. The second-order valence-corrected chi connectivity index (χ2v) is 3.44. The van der Waals surface area contributed by atoms with E-state index in [9.17, 15) is 4.79 Å². The first-order valence-electron chi connectivity index (χ1n) is 5.06. The lowest BCUT2D eigenvalue weighted by molar-refractivity contribution is 0.0502. The summed E-state index contributed by atoms with van der Waals surface area (Å²) in [6.07, 6.45) is 0.935. The molecule has 2 N–H and O–H groups in total. The largest absolute Gasteiger partial charge is 0.462 e. The first kappa shape index (κ1) is 12.1. The molecule has 1 rings (SSSR count). The smallest absolute Gasteiger partial charge is 0.340 e. The lowest BCUT2D eigenvalue weighted by Gasteiger charge is -2.08. The zero-order valence-electron chi connectivity index (χ0n) is 9.19. The average Bonchev–Trinajstić information content (AvgIpc) is 2.24. The van der Waals surface area contributed by atoms with Gasteiger partial charge in [-0.05, 0) is 25.0 Å². The monoisotopic (exact) mass is 218 g/mol. The molecule has 0 radical (unpaired) electrons. The summed E-state index contributed by atoms with van der Waals surface area (Å²) in [7, 11) is 0. The van der Waals surface area contributed by atoms with Crippen LogP contribution in [0, 0.1) is 18.3 Å². The minimum Gasteiger partial charge on any atom is -0.462 e. The van der Waals surface area contributed by atoms with E-state index in [1.165, 1.54) is 0 Å². The Bertz CT molecular complexity index is 401. The number of rotatable bonds is 4. The van der Waals surface area contributed by atoms with Gasteiger partial charge in [0.15, 0.2) is 0 Å². The number of hydrogen-bond donors (Lipinski definition) is 1. The van der Waals surface area contributed by atoms with Crippen molar-refractivity contribution in [2.24, 2.45) is 0 Å². The predicted octanol–water partition coefficient (Wildman–Crippen LogP) is 2.04. The molecule has 0 aromatic heterocycles. The van der Waals surface area contributed by atoms with E-state index in [1.54, 1.807) is 12.1 Å². The Morgan fingerprint density at radius 1 is 1.56 bits per heavy atom. The number of carbonyl (C=O) groups excluding carboxylic acids is 1. The molecule has 1 aromatic carbocycles. The van der Waals surface area contributed by atoms with Gasteiger partial charge >= 0.3 is 5.97 Å². The van der Waals surface area contributed by atoms with E-state index in [2.05, 4.69) is 0 Å². The third kappa shape index (κ3) is 2.99. The van der Waals surface area contributed by atoms with Gasteiger partial charge in [0.1, 0.15) is 0 Å². The molecule has 16 heavy (non-hydrogen) atoms. The van der Waals surface area contributed by atoms with Crippen LogP contribution in [0.25, 0.3) is 0 Å². The van der Waals surface area contributed by atoms with E-state index in [4.69, 9.17) is 15.7 Å². The molecule has 0 saturated heterocycles. The van der Waals surface area contributed by atoms with Gasteiger partial charge in [0.2, 0.25) is 0 Å². The zero-order valence-corrected chi connectivity index (χ0v) is 9.19. The maximum absolute atomic E-state index is 11.7. The third-order valence-corrected chi connectivity index (χ3v) is 2.18. The Balaban J connectivity index is 2.63. The molecule has 0 spiro atoms. The Kier molecular flexibility index (Phi) is 4.34. The van der Waals surface area contributed by atoms with E-state index in [0.717, 1.165) is 5.56 Å². The molecule has 0 amide bonds. The minimum absolute atomic E-state index is 0.250. The second-order valence-electron chi connectivity index (χ2n) is 3.44. The molecule has 0 atom stereocenters. The SMILES string of the molecule is Cc1cccc(N)c1C(=O)OCCCC#N. The fourth-order valence-corrected chi connectivity index (χ4v) is 1.36. The number of aryl methyl sites for hydroxylation is 1. The Morgan fingerprint density at radius 2 is 2.31 bits per heavy atom. The van der Waals surface area contributed by atoms with Gasteiger partial charge in [-0.3, -0.25) is 0 Å². The van der Waals surface area contributed by atoms with Gasteiger partial charge in [0.25, 0.3) is 0 Å². The van der Waals surface area contributed by atoms with Crippen LogP contribution in [0.1, 0.15) is 28.8 Å². The van der Waals surface area contributed by atoms with Crippen molar-refractivity contribution < 1.29 is 9.53 Å². The summed E-state index contributed by atoms with van der Waals surface area (Å²) in [4.78, 5) is 11.7. The van der Waals surface area contributed by atoms with Crippen molar-refractivity contribution >= 4 is 11.7 Å². The van der Waals surface area contributed by atoms with E-state index >= 15 is 0 Å². The third-order valence-electron chi connectivity index (χ3n) is 2.18. The van der Waals surface area contributed by atoms with Crippen LogP contribution in [-0.4, -0.2) is 12.6 Å². The van der Waals surface area contributed by atoms with Crippen LogP contribution in [0.3, 0.4) is 0 Å². The number of anilines is 1. The van der Waals surface area contributed by atoms with E-state index in [0.29, 0.717) is 24.1 Å². The molecule has 0 aliphatic rings. The van der Waals surface area contributed by atoms with Gasteiger partial charge < -0.3 is 10.5 Å².